The monoisotopic (exact) mass is 411 g/mol. The summed E-state index contributed by atoms with van der Waals surface area (Å²) in [4.78, 5) is 16.8. The molecule has 2 aliphatic rings. The van der Waals surface area contributed by atoms with Gasteiger partial charge in [-0.05, 0) is 67.0 Å². The molecule has 0 saturated carbocycles. The largest absolute Gasteiger partial charge is 0.326 e. The molecule has 0 fully saturated rings. The minimum atomic E-state index is -3.70. The zero-order chi connectivity index (χ0) is 20.3. The smallest absolute Gasteiger partial charge is 0.262 e. The average Bonchev–Trinajstić information content (AvgIpc) is 3.20. The number of fused-ring (bicyclic) bond motifs is 1. The van der Waals surface area contributed by atoms with Crippen LogP contribution < -0.4 is 10.0 Å². The van der Waals surface area contributed by atoms with Gasteiger partial charge in [-0.3, -0.25) is 14.5 Å². The standard InChI is InChI=1S/C22H25N3O3S/c26-22(14-16-10-11-17-5-1-2-6-18(17)13-16)24-19-7-3-8-20(15-19)29(27,28)25-21-9-4-12-23-21/h3,7-8,10-11,13,15H,1-2,4-6,9,12,14H2,(H,23,25)(H,24,26). The maximum atomic E-state index is 12.5. The van der Waals surface area contributed by atoms with Gasteiger partial charge in [0.15, 0.2) is 0 Å². The van der Waals surface area contributed by atoms with E-state index in [0.29, 0.717) is 24.5 Å². The van der Waals surface area contributed by atoms with E-state index in [0.717, 1.165) is 24.8 Å². The number of amidine groups is 1. The molecule has 152 valence electrons. The minimum absolute atomic E-state index is 0.110. The Kier molecular flexibility index (Phi) is 5.67. The van der Waals surface area contributed by atoms with E-state index in [-0.39, 0.29) is 17.2 Å². The highest BCUT2D eigenvalue weighted by molar-refractivity contribution is 7.90. The van der Waals surface area contributed by atoms with Crippen LogP contribution in [-0.4, -0.2) is 26.7 Å². The van der Waals surface area contributed by atoms with Gasteiger partial charge in [0.05, 0.1) is 11.3 Å². The third-order valence-electron chi connectivity index (χ3n) is 5.33. The van der Waals surface area contributed by atoms with Gasteiger partial charge in [-0.15, -0.1) is 0 Å². The van der Waals surface area contributed by atoms with Gasteiger partial charge in [-0.2, -0.15) is 0 Å². The maximum absolute atomic E-state index is 12.5. The van der Waals surface area contributed by atoms with Crippen molar-refractivity contribution in [3.8, 4) is 0 Å². The van der Waals surface area contributed by atoms with E-state index in [1.807, 2.05) is 6.07 Å². The molecule has 0 unspecified atom stereocenters. The van der Waals surface area contributed by atoms with E-state index in [1.54, 1.807) is 12.1 Å². The zero-order valence-corrected chi connectivity index (χ0v) is 17.1. The van der Waals surface area contributed by atoms with Crippen LogP contribution in [0.15, 0.2) is 52.4 Å². The lowest BCUT2D eigenvalue weighted by molar-refractivity contribution is -0.115. The Morgan fingerprint density at radius 1 is 0.966 bits per heavy atom. The van der Waals surface area contributed by atoms with Crippen molar-refractivity contribution in [1.82, 2.24) is 4.72 Å². The van der Waals surface area contributed by atoms with Crippen molar-refractivity contribution in [2.75, 3.05) is 11.9 Å². The molecule has 1 amide bonds. The Morgan fingerprint density at radius 3 is 2.59 bits per heavy atom. The van der Waals surface area contributed by atoms with Crippen LogP contribution in [0, 0.1) is 0 Å². The molecule has 0 radical (unpaired) electrons. The summed E-state index contributed by atoms with van der Waals surface area (Å²) in [5.41, 5.74) is 4.17. The van der Waals surface area contributed by atoms with Crippen LogP contribution in [0.4, 0.5) is 5.69 Å². The van der Waals surface area contributed by atoms with E-state index in [1.165, 1.54) is 36.1 Å². The van der Waals surface area contributed by atoms with Crippen molar-refractivity contribution in [2.24, 2.45) is 4.99 Å². The highest BCUT2D eigenvalue weighted by Gasteiger charge is 2.19. The first-order chi connectivity index (χ1) is 14.0. The SMILES string of the molecule is O=C(Cc1ccc2c(c1)CCCC2)Nc1cccc(S(=O)(=O)NC2=NCCC2)c1. The van der Waals surface area contributed by atoms with Crippen molar-refractivity contribution in [2.45, 2.75) is 49.8 Å². The molecule has 0 aromatic heterocycles. The number of nitrogens with zero attached hydrogens (tertiary/aromatic N) is 1. The highest BCUT2D eigenvalue weighted by Crippen LogP contribution is 2.23. The molecule has 4 rings (SSSR count). The van der Waals surface area contributed by atoms with Gasteiger partial charge in [0, 0.05) is 18.7 Å². The molecule has 29 heavy (non-hydrogen) atoms. The first-order valence-corrected chi connectivity index (χ1v) is 11.5. The van der Waals surface area contributed by atoms with Crippen molar-refractivity contribution >= 4 is 27.5 Å². The summed E-state index contributed by atoms with van der Waals surface area (Å²) in [6.45, 7) is 0.649. The van der Waals surface area contributed by atoms with Crippen LogP contribution in [0.5, 0.6) is 0 Å². The van der Waals surface area contributed by atoms with Gasteiger partial charge in [0.2, 0.25) is 5.91 Å². The molecule has 0 bridgehead atoms. The fourth-order valence-electron chi connectivity index (χ4n) is 3.87. The van der Waals surface area contributed by atoms with Crippen LogP contribution >= 0.6 is 0 Å². The van der Waals surface area contributed by atoms with Crippen molar-refractivity contribution < 1.29 is 13.2 Å². The zero-order valence-electron chi connectivity index (χ0n) is 16.3. The number of amides is 1. The second-order valence-corrected chi connectivity index (χ2v) is 9.28. The lowest BCUT2D eigenvalue weighted by atomic mass is 9.90. The van der Waals surface area contributed by atoms with Crippen LogP contribution in [0.25, 0.3) is 0 Å². The molecule has 2 aromatic carbocycles. The van der Waals surface area contributed by atoms with E-state index in [4.69, 9.17) is 0 Å². The number of sulfonamides is 1. The summed E-state index contributed by atoms with van der Waals surface area (Å²) in [6, 6.07) is 12.6. The third-order valence-corrected chi connectivity index (χ3v) is 6.71. The lowest BCUT2D eigenvalue weighted by Gasteiger charge is -2.16. The first kappa shape index (κ1) is 19.6. The molecular weight excluding hydrogens is 386 g/mol. The maximum Gasteiger partial charge on any atom is 0.262 e. The van der Waals surface area contributed by atoms with Crippen molar-refractivity contribution in [3.05, 3.63) is 59.2 Å². The molecule has 6 nitrogen and oxygen atoms in total. The number of carbonyl (C=O) groups is 1. The molecule has 2 N–H and O–H groups in total. The Labute approximate surface area is 171 Å². The van der Waals surface area contributed by atoms with E-state index >= 15 is 0 Å². The molecule has 1 aliphatic heterocycles. The summed E-state index contributed by atoms with van der Waals surface area (Å²) in [5, 5.41) is 2.82. The summed E-state index contributed by atoms with van der Waals surface area (Å²) in [6.07, 6.45) is 6.37. The fraction of sp³-hybridized carbons (Fsp3) is 0.364. The number of benzene rings is 2. The van der Waals surface area contributed by atoms with Gasteiger partial charge < -0.3 is 5.32 Å². The number of nitrogens with one attached hydrogen (secondary N) is 2. The minimum Gasteiger partial charge on any atom is -0.326 e. The number of carbonyl (C=O) groups excluding carboxylic acids is 1. The molecule has 1 aliphatic carbocycles. The van der Waals surface area contributed by atoms with Gasteiger partial charge in [-0.25, -0.2) is 8.42 Å². The van der Waals surface area contributed by atoms with Crippen LogP contribution in [-0.2, 0) is 34.1 Å². The van der Waals surface area contributed by atoms with E-state index in [9.17, 15) is 13.2 Å². The normalized spacial score (nSPS) is 16.1. The van der Waals surface area contributed by atoms with Gasteiger partial charge in [0.1, 0.15) is 5.84 Å². The summed E-state index contributed by atoms with van der Waals surface area (Å²) >= 11 is 0. The molecule has 1 heterocycles. The predicted molar refractivity (Wildman–Crippen MR) is 114 cm³/mol. The fourth-order valence-corrected chi connectivity index (χ4v) is 5.00. The van der Waals surface area contributed by atoms with Gasteiger partial charge in [0.25, 0.3) is 10.0 Å². The van der Waals surface area contributed by atoms with Crippen LogP contribution in [0.2, 0.25) is 0 Å². The van der Waals surface area contributed by atoms with E-state index in [2.05, 4.69) is 27.2 Å². The number of rotatable bonds is 5. The Hall–Kier alpha value is -2.67. The number of hydrogen-bond donors (Lipinski definition) is 2. The number of aryl methyl sites for hydroxylation is 2. The second-order valence-electron chi connectivity index (χ2n) is 7.60. The Balaban J connectivity index is 1.43. The number of aliphatic imine (C=N–C) groups is 1. The molecule has 0 spiro atoms. The second kappa shape index (κ2) is 8.37. The molecule has 0 saturated heterocycles. The first-order valence-electron chi connectivity index (χ1n) is 10.1. The average molecular weight is 412 g/mol. The van der Waals surface area contributed by atoms with E-state index < -0.39 is 10.0 Å². The van der Waals surface area contributed by atoms with Crippen molar-refractivity contribution in [3.63, 3.8) is 0 Å². The van der Waals surface area contributed by atoms with Crippen molar-refractivity contribution in [1.29, 1.82) is 0 Å². The molecule has 2 aromatic rings. The highest BCUT2D eigenvalue weighted by atomic mass is 32.2. The van der Waals surface area contributed by atoms with Crippen LogP contribution in [0.1, 0.15) is 42.4 Å². The van der Waals surface area contributed by atoms with Crippen LogP contribution in [0.3, 0.4) is 0 Å². The Bertz CT molecular complexity index is 1060. The third kappa shape index (κ3) is 4.85. The predicted octanol–water partition coefficient (Wildman–Crippen LogP) is 3.22. The lowest BCUT2D eigenvalue weighted by Crippen LogP contribution is -2.29. The Morgan fingerprint density at radius 2 is 1.79 bits per heavy atom. The molecular formula is C22H25N3O3S. The summed E-state index contributed by atoms with van der Waals surface area (Å²) in [5.74, 6) is 0.329. The number of anilines is 1. The van der Waals surface area contributed by atoms with Gasteiger partial charge >= 0.3 is 0 Å². The summed E-state index contributed by atoms with van der Waals surface area (Å²) in [7, 11) is -3.70. The van der Waals surface area contributed by atoms with Gasteiger partial charge in [-0.1, -0.05) is 24.3 Å². The summed E-state index contributed by atoms with van der Waals surface area (Å²) < 4.78 is 27.6. The quantitative estimate of drug-likeness (QED) is 0.792. The molecule has 7 heteroatoms. The number of hydrogen-bond acceptors (Lipinski definition) is 4. The topological polar surface area (TPSA) is 87.6 Å². The molecule has 0 atom stereocenters.